The molecule has 0 bridgehead atoms. The number of rotatable bonds is 4. The van der Waals surface area contributed by atoms with Crippen LogP contribution in [0.3, 0.4) is 0 Å². The molecule has 0 aromatic carbocycles. The molecule has 0 spiro atoms. The van der Waals surface area contributed by atoms with E-state index < -0.39 is 5.60 Å². The summed E-state index contributed by atoms with van der Waals surface area (Å²) >= 11 is 1.58. The number of thiazole rings is 1. The van der Waals surface area contributed by atoms with Crippen LogP contribution in [0, 0.1) is 6.92 Å². The molecule has 1 atom stereocenters. The summed E-state index contributed by atoms with van der Waals surface area (Å²) in [7, 11) is 1.58. The zero-order valence-electron chi connectivity index (χ0n) is 8.20. The summed E-state index contributed by atoms with van der Waals surface area (Å²) in [6.07, 6.45) is 0.555. The smallest absolute Gasteiger partial charge is 0.0957 e. The van der Waals surface area contributed by atoms with Gasteiger partial charge >= 0.3 is 0 Å². The Morgan fingerprint density at radius 2 is 2.38 bits per heavy atom. The molecule has 1 heterocycles. The minimum Gasteiger partial charge on any atom is -0.387 e. The number of hydrogen-bond acceptors (Lipinski definition) is 4. The Kier molecular flexibility index (Phi) is 3.41. The highest BCUT2D eigenvalue weighted by atomic mass is 32.1. The fourth-order valence-electron chi connectivity index (χ4n) is 1.17. The van der Waals surface area contributed by atoms with E-state index in [0.717, 1.165) is 10.7 Å². The van der Waals surface area contributed by atoms with E-state index in [9.17, 15) is 5.11 Å². The maximum Gasteiger partial charge on any atom is 0.0957 e. The fraction of sp³-hybridized carbons (Fsp3) is 0.667. The third kappa shape index (κ3) is 3.42. The van der Waals surface area contributed by atoms with E-state index in [0.29, 0.717) is 13.0 Å². The maximum absolute atomic E-state index is 9.82. The average Bonchev–Trinajstić information content (AvgIpc) is 2.34. The van der Waals surface area contributed by atoms with Crippen LogP contribution in [-0.4, -0.2) is 29.4 Å². The number of hydrogen-bond donors (Lipinski definition) is 1. The quantitative estimate of drug-likeness (QED) is 0.800. The van der Waals surface area contributed by atoms with Crippen molar-refractivity contribution in [1.82, 2.24) is 4.98 Å². The van der Waals surface area contributed by atoms with Crippen molar-refractivity contribution in [3.63, 3.8) is 0 Å². The molecule has 0 fully saturated rings. The van der Waals surface area contributed by atoms with E-state index in [1.54, 1.807) is 25.4 Å². The molecule has 1 aromatic heterocycles. The number of aliphatic hydroxyl groups is 1. The molecule has 1 rings (SSSR count). The van der Waals surface area contributed by atoms with Crippen LogP contribution in [0.5, 0.6) is 0 Å². The Hall–Kier alpha value is -0.450. The molecule has 1 aromatic rings. The number of methoxy groups -OCH3 is 1. The first kappa shape index (κ1) is 10.6. The van der Waals surface area contributed by atoms with Gasteiger partial charge < -0.3 is 9.84 Å². The molecule has 3 nitrogen and oxygen atoms in total. The number of aryl methyl sites for hydroxylation is 1. The SMILES string of the molecule is COCC(C)(O)Cc1nc(C)cs1. The normalized spacial score (nSPS) is 15.7. The molecular formula is C9H15NO2S. The van der Waals surface area contributed by atoms with Crippen molar-refractivity contribution in [2.24, 2.45) is 0 Å². The third-order valence-corrected chi connectivity index (χ3v) is 2.62. The Morgan fingerprint density at radius 3 is 2.85 bits per heavy atom. The summed E-state index contributed by atoms with van der Waals surface area (Å²) in [6, 6.07) is 0. The van der Waals surface area contributed by atoms with Crippen LogP contribution < -0.4 is 0 Å². The predicted molar refractivity (Wildman–Crippen MR) is 53.1 cm³/mol. The molecule has 1 N–H and O–H groups in total. The first-order valence-electron chi connectivity index (χ1n) is 4.16. The first-order valence-corrected chi connectivity index (χ1v) is 5.04. The van der Waals surface area contributed by atoms with Crippen LogP contribution >= 0.6 is 11.3 Å². The van der Waals surface area contributed by atoms with Crippen LogP contribution in [0.4, 0.5) is 0 Å². The second-order valence-electron chi connectivity index (χ2n) is 3.49. The highest BCUT2D eigenvalue weighted by molar-refractivity contribution is 7.09. The van der Waals surface area contributed by atoms with Gasteiger partial charge in [0.25, 0.3) is 0 Å². The van der Waals surface area contributed by atoms with Crippen molar-refractivity contribution in [2.45, 2.75) is 25.9 Å². The van der Waals surface area contributed by atoms with Crippen LogP contribution in [0.1, 0.15) is 17.6 Å². The molecule has 0 aliphatic carbocycles. The number of nitrogens with zero attached hydrogens (tertiary/aromatic N) is 1. The van der Waals surface area contributed by atoms with Gasteiger partial charge in [0.1, 0.15) is 0 Å². The fourth-order valence-corrected chi connectivity index (χ4v) is 2.12. The van der Waals surface area contributed by atoms with E-state index in [2.05, 4.69) is 4.98 Å². The second-order valence-corrected chi connectivity index (χ2v) is 4.43. The number of aromatic nitrogens is 1. The lowest BCUT2D eigenvalue weighted by Gasteiger charge is -2.20. The molecule has 0 radical (unpaired) electrons. The van der Waals surface area contributed by atoms with Gasteiger partial charge in [0.05, 0.1) is 17.2 Å². The lowest BCUT2D eigenvalue weighted by atomic mass is 10.1. The molecule has 0 saturated carbocycles. The van der Waals surface area contributed by atoms with Crippen molar-refractivity contribution >= 4 is 11.3 Å². The molecule has 0 amide bonds. The third-order valence-electron chi connectivity index (χ3n) is 1.65. The monoisotopic (exact) mass is 201 g/mol. The summed E-state index contributed by atoms with van der Waals surface area (Å²) in [5, 5.41) is 12.8. The maximum atomic E-state index is 9.82. The zero-order chi connectivity index (χ0) is 9.90. The van der Waals surface area contributed by atoms with E-state index in [1.165, 1.54) is 0 Å². The highest BCUT2D eigenvalue weighted by Gasteiger charge is 2.22. The van der Waals surface area contributed by atoms with Gasteiger partial charge in [-0.15, -0.1) is 11.3 Å². The van der Waals surface area contributed by atoms with Crippen molar-refractivity contribution < 1.29 is 9.84 Å². The van der Waals surface area contributed by atoms with Gasteiger partial charge in [0.2, 0.25) is 0 Å². The molecule has 13 heavy (non-hydrogen) atoms. The minimum atomic E-state index is -0.807. The van der Waals surface area contributed by atoms with E-state index in [-0.39, 0.29) is 0 Å². The summed E-state index contributed by atoms with van der Waals surface area (Å²) in [4.78, 5) is 4.28. The lowest BCUT2D eigenvalue weighted by Crippen LogP contribution is -2.32. The van der Waals surface area contributed by atoms with Crippen molar-refractivity contribution in [1.29, 1.82) is 0 Å². The highest BCUT2D eigenvalue weighted by Crippen LogP contribution is 2.17. The predicted octanol–water partition coefficient (Wildman–Crippen LogP) is 1.39. The summed E-state index contributed by atoms with van der Waals surface area (Å²) in [6.45, 7) is 4.05. The van der Waals surface area contributed by atoms with Gasteiger partial charge in [0.15, 0.2) is 0 Å². The Labute approximate surface area is 82.4 Å². The minimum absolute atomic E-state index is 0.339. The Morgan fingerprint density at radius 1 is 1.69 bits per heavy atom. The molecule has 0 aliphatic rings. The largest absolute Gasteiger partial charge is 0.387 e. The molecule has 1 unspecified atom stereocenters. The Balaban J connectivity index is 2.57. The summed E-state index contributed by atoms with van der Waals surface area (Å²) in [5.74, 6) is 0. The van der Waals surface area contributed by atoms with Gasteiger partial charge in [-0.05, 0) is 13.8 Å². The molecule has 4 heteroatoms. The summed E-state index contributed by atoms with van der Waals surface area (Å²) in [5.41, 5.74) is 0.201. The van der Waals surface area contributed by atoms with E-state index in [4.69, 9.17) is 4.74 Å². The van der Waals surface area contributed by atoms with Crippen molar-refractivity contribution in [3.05, 3.63) is 16.1 Å². The van der Waals surface area contributed by atoms with Gasteiger partial charge in [-0.2, -0.15) is 0 Å². The van der Waals surface area contributed by atoms with E-state index >= 15 is 0 Å². The zero-order valence-corrected chi connectivity index (χ0v) is 9.02. The van der Waals surface area contributed by atoms with Crippen molar-refractivity contribution in [3.8, 4) is 0 Å². The Bertz CT molecular complexity index is 270. The summed E-state index contributed by atoms with van der Waals surface area (Å²) < 4.78 is 4.91. The van der Waals surface area contributed by atoms with Crippen LogP contribution in [-0.2, 0) is 11.2 Å². The topological polar surface area (TPSA) is 42.4 Å². The van der Waals surface area contributed by atoms with Crippen LogP contribution in [0.2, 0.25) is 0 Å². The van der Waals surface area contributed by atoms with Crippen molar-refractivity contribution in [2.75, 3.05) is 13.7 Å². The van der Waals surface area contributed by atoms with Gasteiger partial charge in [-0.1, -0.05) is 0 Å². The van der Waals surface area contributed by atoms with Gasteiger partial charge in [-0.3, -0.25) is 0 Å². The van der Waals surface area contributed by atoms with Crippen LogP contribution in [0.15, 0.2) is 5.38 Å². The van der Waals surface area contributed by atoms with Gasteiger partial charge in [-0.25, -0.2) is 4.98 Å². The first-order chi connectivity index (χ1) is 6.03. The van der Waals surface area contributed by atoms with E-state index in [1.807, 2.05) is 12.3 Å². The van der Waals surface area contributed by atoms with Gasteiger partial charge in [0, 0.05) is 24.6 Å². The molecule has 0 saturated heterocycles. The second kappa shape index (κ2) is 4.17. The molecule has 0 aliphatic heterocycles. The molecular weight excluding hydrogens is 186 g/mol. The average molecular weight is 201 g/mol. The van der Waals surface area contributed by atoms with Crippen LogP contribution in [0.25, 0.3) is 0 Å². The molecule has 74 valence electrons. The number of ether oxygens (including phenoxy) is 1. The standard InChI is InChI=1S/C9H15NO2S/c1-7-5-13-8(10-7)4-9(2,11)6-12-3/h5,11H,4,6H2,1-3H3. The lowest BCUT2D eigenvalue weighted by molar-refractivity contribution is -0.0161.